The summed E-state index contributed by atoms with van der Waals surface area (Å²) in [5.74, 6) is -0.270. The molecule has 0 aliphatic carbocycles. The number of hydrogen-bond donors (Lipinski definition) is 3. The second-order valence-corrected chi connectivity index (χ2v) is 3.76. The van der Waals surface area contributed by atoms with Crippen LogP contribution in [0, 0.1) is 0 Å². The average Bonchev–Trinajstić information content (AvgIpc) is 1.59. The molecular formula is C4H12N2O3S. The molecule has 0 aromatic heterocycles. The fraction of sp³-hybridized carbons (Fsp3) is 1.00. The summed E-state index contributed by atoms with van der Waals surface area (Å²) in [4.78, 5) is 0. The summed E-state index contributed by atoms with van der Waals surface area (Å²) in [6, 6.07) is -0.556. The highest BCUT2D eigenvalue weighted by Gasteiger charge is 2.09. The summed E-state index contributed by atoms with van der Waals surface area (Å²) in [6.45, 7) is -0.114. The maximum atomic E-state index is 10.3. The Morgan fingerprint density at radius 1 is 1.50 bits per heavy atom. The lowest BCUT2D eigenvalue weighted by Crippen LogP contribution is -2.33. The number of aliphatic hydroxyl groups is 1. The van der Waals surface area contributed by atoms with Crippen molar-refractivity contribution in [2.24, 2.45) is 10.9 Å². The summed E-state index contributed by atoms with van der Waals surface area (Å²) in [5, 5.41) is 13.0. The van der Waals surface area contributed by atoms with Gasteiger partial charge in [0.1, 0.15) is 0 Å². The summed E-state index contributed by atoms with van der Waals surface area (Å²) < 4.78 is 20.7. The van der Waals surface area contributed by atoms with E-state index >= 15 is 0 Å². The van der Waals surface area contributed by atoms with Gasteiger partial charge < -0.3 is 10.8 Å². The van der Waals surface area contributed by atoms with Gasteiger partial charge in [-0.05, 0) is 6.42 Å². The molecule has 1 atom stereocenters. The molecule has 0 radical (unpaired) electrons. The average molecular weight is 168 g/mol. The minimum absolute atomic E-state index is 0.114. The Bertz CT molecular complexity index is 177. The van der Waals surface area contributed by atoms with Crippen LogP contribution in [0.4, 0.5) is 0 Å². The van der Waals surface area contributed by atoms with E-state index in [0.717, 1.165) is 0 Å². The number of hydrogen-bond acceptors (Lipinski definition) is 4. The molecule has 0 aromatic rings. The Balaban J connectivity index is 3.69. The van der Waals surface area contributed by atoms with E-state index < -0.39 is 16.1 Å². The van der Waals surface area contributed by atoms with E-state index in [1.54, 1.807) is 0 Å². The maximum Gasteiger partial charge on any atom is 0.210 e. The van der Waals surface area contributed by atoms with Crippen molar-refractivity contribution in [3.8, 4) is 0 Å². The molecule has 0 amide bonds. The Kier molecular flexibility index (Phi) is 3.80. The van der Waals surface area contributed by atoms with Gasteiger partial charge in [0, 0.05) is 12.6 Å². The molecule has 0 saturated carbocycles. The predicted octanol–water partition coefficient (Wildman–Crippen LogP) is -2.02. The predicted molar refractivity (Wildman–Crippen MR) is 37.7 cm³/mol. The Morgan fingerprint density at radius 2 is 2.00 bits per heavy atom. The fourth-order valence-electron chi connectivity index (χ4n) is 0.548. The van der Waals surface area contributed by atoms with E-state index in [1.165, 1.54) is 0 Å². The molecule has 0 heterocycles. The van der Waals surface area contributed by atoms with Crippen molar-refractivity contribution in [2.45, 2.75) is 12.5 Å². The van der Waals surface area contributed by atoms with E-state index in [9.17, 15) is 8.42 Å². The first-order valence-electron chi connectivity index (χ1n) is 2.82. The van der Waals surface area contributed by atoms with Crippen molar-refractivity contribution < 1.29 is 13.5 Å². The topological polar surface area (TPSA) is 106 Å². The molecule has 0 rings (SSSR count). The second-order valence-electron chi connectivity index (χ2n) is 2.10. The van der Waals surface area contributed by atoms with Crippen molar-refractivity contribution in [3.63, 3.8) is 0 Å². The van der Waals surface area contributed by atoms with Crippen molar-refractivity contribution in [1.82, 2.24) is 0 Å². The Labute approximate surface area is 60.1 Å². The molecule has 1 unspecified atom stereocenters. The van der Waals surface area contributed by atoms with Crippen LogP contribution >= 0.6 is 0 Å². The van der Waals surface area contributed by atoms with Crippen LogP contribution in [0.15, 0.2) is 0 Å². The number of primary sulfonamides is 1. The first-order valence-corrected chi connectivity index (χ1v) is 4.54. The van der Waals surface area contributed by atoms with Gasteiger partial charge in [0.05, 0.1) is 5.75 Å². The van der Waals surface area contributed by atoms with Crippen molar-refractivity contribution in [3.05, 3.63) is 0 Å². The van der Waals surface area contributed by atoms with Crippen LogP contribution in [-0.2, 0) is 10.0 Å². The Morgan fingerprint density at radius 3 is 2.30 bits per heavy atom. The zero-order valence-corrected chi connectivity index (χ0v) is 6.34. The van der Waals surface area contributed by atoms with Gasteiger partial charge in [-0.15, -0.1) is 0 Å². The van der Waals surface area contributed by atoms with E-state index in [-0.39, 0.29) is 18.8 Å². The summed E-state index contributed by atoms with van der Waals surface area (Å²) in [5.41, 5.74) is 5.25. The van der Waals surface area contributed by atoms with Crippen molar-refractivity contribution >= 4 is 10.0 Å². The number of nitrogens with two attached hydrogens (primary N) is 2. The highest BCUT2D eigenvalue weighted by molar-refractivity contribution is 7.89. The zero-order valence-electron chi connectivity index (χ0n) is 5.53. The van der Waals surface area contributed by atoms with Gasteiger partial charge in [-0.25, -0.2) is 13.6 Å². The van der Waals surface area contributed by atoms with E-state index in [4.69, 9.17) is 10.8 Å². The maximum absolute atomic E-state index is 10.3. The Hall–Kier alpha value is -0.170. The SMILES string of the molecule is NC(CCO)CS(N)(=O)=O. The van der Waals surface area contributed by atoms with E-state index in [0.29, 0.717) is 0 Å². The van der Waals surface area contributed by atoms with Crippen LogP contribution in [0.25, 0.3) is 0 Å². The lowest BCUT2D eigenvalue weighted by molar-refractivity contribution is 0.279. The summed E-state index contributed by atoms with van der Waals surface area (Å²) in [7, 11) is -3.48. The van der Waals surface area contributed by atoms with Gasteiger partial charge in [0.25, 0.3) is 0 Å². The standard InChI is InChI=1S/C4H12N2O3S/c5-4(1-2-7)3-10(6,8)9/h4,7H,1-3,5H2,(H2,6,8,9). The number of sulfonamides is 1. The molecule has 0 fully saturated rings. The molecule has 0 saturated heterocycles. The van der Waals surface area contributed by atoms with Crippen LogP contribution < -0.4 is 10.9 Å². The van der Waals surface area contributed by atoms with Crippen LogP contribution in [0.2, 0.25) is 0 Å². The van der Waals surface area contributed by atoms with Crippen LogP contribution in [0.1, 0.15) is 6.42 Å². The second kappa shape index (κ2) is 3.87. The third-order valence-corrected chi connectivity index (χ3v) is 1.84. The molecular weight excluding hydrogens is 156 g/mol. The first-order chi connectivity index (χ1) is 4.45. The van der Waals surface area contributed by atoms with Crippen molar-refractivity contribution in [2.75, 3.05) is 12.4 Å². The van der Waals surface area contributed by atoms with Crippen molar-refractivity contribution in [1.29, 1.82) is 0 Å². The molecule has 0 aromatic carbocycles. The quantitative estimate of drug-likeness (QED) is 0.450. The third kappa shape index (κ3) is 5.96. The van der Waals surface area contributed by atoms with Crippen LogP contribution in [-0.4, -0.2) is 31.9 Å². The molecule has 62 valence electrons. The molecule has 5 nitrogen and oxygen atoms in total. The van der Waals surface area contributed by atoms with Gasteiger partial charge in [-0.3, -0.25) is 0 Å². The fourth-order valence-corrected chi connectivity index (χ4v) is 1.31. The van der Waals surface area contributed by atoms with Crippen LogP contribution in [0.3, 0.4) is 0 Å². The molecule has 0 bridgehead atoms. The van der Waals surface area contributed by atoms with E-state index in [1.807, 2.05) is 0 Å². The largest absolute Gasteiger partial charge is 0.396 e. The lowest BCUT2D eigenvalue weighted by Gasteiger charge is -2.06. The third-order valence-electron chi connectivity index (χ3n) is 0.946. The van der Waals surface area contributed by atoms with Crippen LogP contribution in [0.5, 0.6) is 0 Å². The smallest absolute Gasteiger partial charge is 0.210 e. The minimum atomic E-state index is -3.48. The van der Waals surface area contributed by atoms with Gasteiger partial charge in [0.15, 0.2) is 0 Å². The molecule has 6 heteroatoms. The zero-order chi connectivity index (χ0) is 8.20. The number of rotatable bonds is 4. The van der Waals surface area contributed by atoms with Gasteiger partial charge in [-0.2, -0.15) is 0 Å². The van der Waals surface area contributed by atoms with Gasteiger partial charge in [-0.1, -0.05) is 0 Å². The normalized spacial score (nSPS) is 15.1. The highest BCUT2D eigenvalue weighted by Crippen LogP contribution is 1.89. The first kappa shape index (κ1) is 9.83. The van der Waals surface area contributed by atoms with Gasteiger partial charge in [0.2, 0.25) is 10.0 Å². The lowest BCUT2D eigenvalue weighted by atomic mass is 10.3. The van der Waals surface area contributed by atoms with Gasteiger partial charge >= 0.3 is 0 Å². The summed E-state index contributed by atoms with van der Waals surface area (Å²) in [6.07, 6.45) is 0.260. The molecule has 0 aliphatic rings. The molecule has 0 aliphatic heterocycles. The molecule has 0 spiro atoms. The monoisotopic (exact) mass is 168 g/mol. The molecule has 5 N–H and O–H groups in total. The summed E-state index contributed by atoms with van der Waals surface area (Å²) >= 11 is 0. The molecule has 10 heavy (non-hydrogen) atoms. The number of aliphatic hydroxyl groups excluding tert-OH is 1. The minimum Gasteiger partial charge on any atom is -0.396 e. The highest BCUT2D eigenvalue weighted by atomic mass is 32.2. The van der Waals surface area contributed by atoms with E-state index in [2.05, 4.69) is 5.14 Å².